The number of thiophene rings is 1. The first kappa shape index (κ1) is 11.6. The molecule has 1 aliphatic carbocycles. The topological polar surface area (TPSA) is 26.0 Å². The predicted octanol–water partition coefficient (Wildman–Crippen LogP) is 4.13. The van der Waals surface area contributed by atoms with E-state index in [0.29, 0.717) is 17.4 Å². The first-order valence-corrected chi connectivity index (χ1v) is 7.30. The fraction of sp³-hybridized carbons (Fsp3) is 0.667. The summed E-state index contributed by atoms with van der Waals surface area (Å²) >= 11 is 5.40. The molecule has 2 unspecified atom stereocenters. The number of nitrogens with two attached hydrogens (primary N) is 1. The lowest BCUT2D eigenvalue weighted by atomic mass is 9.53. The van der Waals surface area contributed by atoms with Crippen LogP contribution in [0, 0.1) is 5.41 Å². The van der Waals surface area contributed by atoms with E-state index in [1.807, 2.05) is 11.3 Å². The summed E-state index contributed by atoms with van der Waals surface area (Å²) in [5.41, 5.74) is 6.57. The van der Waals surface area contributed by atoms with Crippen LogP contribution in [0.1, 0.15) is 43.9 Å². The van der Waals surface area contributed by atoms with Gasteiger partial charge in [0.25, 0.3) is 0 Å². The summed E-state index contributed by atoms with van der Waals surface area (Å²) in [5, 5.41) is 2.18. The maximum Gasteiger partial charge on any atom is 0.0285 e. The van der Waals surface area contributed by atoms with E-state index in [1.54, 1.807) is 0 Å². The largest absolute Gasteiger partial charge is 0.327 e. The van der Waals surface area contributed by atoms with E-state index in [2.05, 4.69) is 41.2 Å². The molecule has 0 bridgehead atoms. The lowest BCUT2D eigenvalue weighted by Gasteiger charge is -2.54. The first-order chi connectivity index (χ1) is 7.14. The van der Waals surface area contributed by atoms with Gasteiger partial charge in [-0.25, -0.2) is 0 Å². The van der Waals surface area contributed by atoms with E-state index in [0.717, 1.165) is 6.42 Å². The third kappa shape index (κ3) is 1.69. The van der Waals surface area contributed by atoms with Crippen molar-refractivity contribution >= 4 is 27.3 Å². The lowest BCUT2D eigenvalue weighted by molar-refractivity contribution is 0.0458. The maximum absolute atomic E-state index is 6.21. The van der Waals surface area contributed by atoms with E-state index >= 15 is 0 Å². The Morgan fingerprint density at radius 3 is 2.60 bits per heavy atom. The average molecular weight is 288 g/mol. The van der Waals surface area contributed by atoms with Gasteiger partial charge in [0.15, 0.2) is 0 Å². The van der Waals surface area contributed by atoms with Crippen molar-refractivity contribution in [1.82, 2.24) is 0 Å². The van der Waals surface area contributed by atoms with Crippen LogP contribution in [0.25, 0.3) is 0 Å². The lowest BCUT2D eigenvalue weighted by Crippen LogP contribution is -2.55. The van der Waals surface area contributed by atoms with E-state index in [1.165, 1.54) is 22.2 Å². The van der Waals surface area contributed by atoms with Gasteiger partial charge >= 0.3 is 0 Å². The zero-order valence-corrected chi connectivity index (χ0v) is 11.7. The van der Waals surface area contributed by atoms with Crippen molar-refractivity contribution in [2.45, 2.75) is 45.1 Å². The molecule has 2 rings (SSSR count). The van der Waals surface area contributed by atoms with Crippen LogP contribution in [-0.4, -0.2) is 6.04 Å². The van der Waals surface area contributed by atoms with Gasteiger partial charge in [0, 0.05) is 26.7 Å². The van der Waals surface area contributed by atoms with Crippen molar-refractivity contribution in [3.63, 3.8) is 0 Å². The number of hydrogen-bond acceptors (Lipinski definition) is 2. The number of rotatable bonds is 3. The molecule has 0 aliphatic heterocycles. The zero-order chi connectivity index (χ0) is 11.1. The molecule has 1 fully saturated rings. The minimum atomic E-state index is 0.365. The molecular weight excluding hydrogens is 270 g/mol. The predicted molar refractivity (Wildman–Crippen MR) is 70.4 cm³/mol. The van der Waals surface area contributed by atoms with Gasteiger partial charge < -0.3 is 5.73 Å². The van der Waals surface area contributed by atoms with Crippen molar-refractivity contribution < 1.29 is 0 Å². The minimum absolute atomic E-state index is 0.365. The second-order valence-electron chi connectivity index (χ2n) is 4.50. The minimum Gasteiger partial charge on any atom is -0.327 e. The molecule has 2 atom stereocenters. The van der Waals surface area contributed by atoms with E-state index in [9.17, 15) is 0 Å². The fourth-order valence-electron chi connectivity index (χ4n) is 3.00. The molecule has 2 N–H and O–H groups in total. The van der Waals surface area contributed by atoms with Crippen LogP contribution in [0.5, 0.6) is 0 Å². The van der Waals surface area contributed by atoms with Crippen molar-refractivity contribution in [3.05, 3.63) is 20.8 Å². The molecule has 3 heteroatoms. The Kier molecular flexibility index (Phi) is 3.25. The van der Waals surface area contributed by atoms with Gasteiger partial charge in [-0.2, -0.15) is 0 Å². The first-order valence-electron chi connectivity index (χ1n) is 5.63. The Balaban J connectivity index is 2.25. The van der Waals surface area contributed by atoms with Crippen molar-refractivity contribution in [1.29, 1.82) is 0 Å². The average Bonchev–Trinajstić information content (AvgIpc) is 2.63. The Labute approximate surface area is 104 Å². The van der Waals surface area contributed by atoms with Crippen molar-refractivity contribution in [3.8, 4) is 0 Å². The second kappa shape index (κ2) is 4.19. The molecule has 1 aromatic heterocycles. The second-order valence-corrected chi connectivity index (χ2v) is 6.36. The van der Waals surface area contributed by atoms with Crippen LogP contribution in [0.4, 0.5) is 0 Å². The molecule has 0 aromatic carbocycles. The molecule has 0 saturated heterocycles. The molecule has 0 spiro atoms. The van der Waals surface area contributed by atoms with Crippen LogP contribution in [-0.2, 0) is 0 Å². The standard InChI is InChI=1S/C12H18BrNS/c1-3-12(4-2)9(6-11(12)14)10-5-8(13)7-15-10/h5,7,9,11H,3-4,6,14H2,1-2H3. The molecule has 1 aromatic rings. The fourth-order valence-corrected chi connectivity index (χ4v) is 4.68. The summed E-state index contributed by atoms with van der Waals surface area (Å²) in [6.45, 7) is 4.55. The van der Waals surface area contributed by atoms with Gasteiger partial charge in [0.05, 0.1) is 0 Å². The molecule has 1 aliphatic rings. The molecule has 1 saturated carbocycles. The summed E-state index contributed by atoms with van der Waals surface area (Å²) in [5.74, 6) is 0.693. The summed E-state index contributed by atoms with van der Waals surface area (Å²) in [6, 6.07) is 2.67. The Hall–Kier alpha value is 0.140. The van der Waals surface area contributed by atoms with Crippen LogP contribution in [0.3, 0.4) is 0 Å². The molecular formula is C12H18BrNS. The highest BCUT2D eigenvalue weighted by atomic mass is 79.9. The highest BCUT2D eigenvalue weighted by Crippen LogP contribution is 2.57. The van der Waals surface area contributed by atoms with Crippen molar-refractivity contribution in [2.75, 3.05) is 0 Å². The maximum atomic E-state index is 6.21. The smallest absolute Gasteiger partial charge is 0.0285 e. The van der Waals surface area contributed by atoms with E-state index in [-0.39, 0.29) is 0 Å². The normalized spacial score (nSPS) is 28.8. The highest BCUT2D eigenvalue weighted by molar-refractivity contribution is 9.10. The van der Waals surface area contributed by atoms with Gasteiger partial charge in [0.2, 0.25) is 0 Å². The monoisotopic (exact) mass is 287 g/mol. The van der Waals surface area contributed by atoms with Crippen LogP contribution < -0.4 is 5.73 Å². The molecule has 84 valence electrons. The molecule has 15 heavy (non-hydrogen) atoms. The van der Waals surface area contributed by atoms with Gasteiger partial charge in [-0.15, -0.1) is 11.3 Å². The zero-order valence-electron chi connectivity index (χ0n) is 9.29. The Morgan fingerprint density at radius 2 is 2.20 bits per heavy atom. The highest BCUT2D eigenvalue weighted by Gasteiger charge is 2.51. The van der Waals surface area contributed by atoms with E-state index in [4.69, 9.17) is 5.73 Å². The SMILES string of the molecule is CCC1(CC)C(N)CC1c1cc(Br)cs1. The molecule has 0 radical (unpaired) electrons. The summed E-state index contributed by atoms with van der Waals surface area (Å²) in [6.07, 6.45) is 3.56. The molecule has 1 nitrogen and oxygen atoms in total. The van der Waals surface area contributed by atoms with E-state index < -0.39 is 0 Å². The van der Waals surface area contributed by atoms with Crippen LogP contribution in [0.15, 0.2) is 15.9 Å². The summed E-state index contributed by atoms with van der Waals surface area (Å²) in [7, 11) is 0. The van der Waals surface area contributed by atoms with Gasteiger partial charge in [-0.1, -0.05) is 13.8 Å². The van der Waals surface area contributed by atoms with Gasteiger partial charge in [0.1, 0.15) is 0 Å². The van der Waals surface area contributed by atoms with Gasteiger partial charge in [-0.3, -0.25) is 0 Å². The third-order valence-corrected chi connectivity index (χ3v) is 5.98. The number of halogens is 1. The molecule has 0 amide bonds. The molecule has 1 heterocycles. The third-order valence-electron chi connectivity index (χ3n) is 4.17. The Morgan fingerprint density at radius 1 is 1.53 bits per heavy atom. The summed E-state index contributed by atoms with van der Waals surface area (Å²) < 4.78 is 1.21. The van der Waals surface area contributed by atoms with Gasteiger partial charge in [-0.05, 0) is 46.7 Å². The van der Waals surface area contributed by atoms with Crippen molar-refractivity contribution in [2.24, 2.45) is 11.1 Å². The van der Waals surface area contributed by atoms with Crippen LogP contribution in [0.2, 0.25) is 0 Å². The summed E-state index contributed by atoms with van der Waals surface area (Å²) in [4.78, 5) is 1.51. The van der Waals surface area contributed by atoms with Crippen LogP contribution >= 0.6 is 27.3 Å². The number of hydrogen-bond donors (Lipinski definition) is 1. The quantitative estimate of drug-likeness (QED) is 0.889. The Bertz CT molecular complexity index is 343.